The normalized spacial score (nSPS) is 18.4. The van der Waals surface area contributed by atoms with E-state index in [2.05, 4.69) is 4.98 Å². The van der Waals surface area contributed by atoms with Gasteiger partial charge >= 0.3 is 0 Å². The summed E-state index contributed by atoms with van der Waals surface area (Å²) in [5.41, 5.74) is 1.20. The van der Waals surface area contributed by atoms with E-state index in [0.29, 0.717) is 24.2 Å². The number of carbonyl (C=O) groups excluding carboxylic acids is 2. The first kappa shape index (κ1) is 21.6. The Morgan fingerprint density at radius 1 is 1.30 bits per heavy atom. The van der Waals surface area contributed by atoms with Gasteiger partial charge in [-0.3, -0.25) is 14.6 Å². The number of aromatic nitrogens is 1. The lowest BCUT2D eigenvalue weighted by Crippen LogP contribution is -2.31. The van der Waals surface area contributed by atoms with E-state index in [1.807, 2.05) is 13.8 Å². The van der Waals surface area contributed by atoms with Crippen LogP contribution in [0.1, 0.15) is 43.0 Å². The molecule has 3 rings (SSSR count). The molecular formula is C23H25FN2O4. The molecule has 1 aliphatic rings. The Morgan fingerprint density at radius 2 is 2.07 bits per heavy atom. The number of pyridine rings is 1. The number of benzene rings is 1. The lowest BCUT2D eigenvalue weighted by Gasteiger charge is -2.25. The van der Waals surface area contributed by atoms with Gasteiger partial charge < -0.3 is 14.7 Å². The number of amides is 1. The van der Waals surface area contributed by atoms with Crippen molar-refractivity contribution in [2.45, 2.75) is 39.3 Å². The predicted molar refractivity (Wildman–Crippen MR) is 110 cm³/mol. The van der Waals surface area contributed by atoms with Crippen molar-refractivity contribution in [3.8, 4) is 0 Å². The largest absolute Gasteiger partial charge is 0.507 e. The summed E-state index contributed by atoms with van der Waals surface area (Å²) in [4.78, 5) is 31.2. The molecule has 1 aromatic carbocycles. The Kier molecular flexibility index (Phi) is 6.62. The minimum Gasteiger partial charge on any atom is -0.507 e. The molecule has 1 fully saturated rings. The average Bonchev–Trinajstić information content (AvgIpc) is 2.98. The van der Waals surface area contributed by atoms with E-state index in [9.17, 15) is 19.1 Å². The molecular weight excluding hydrogens is 387 g/mol. The van der Waals surface area contributed by atoms with Crippen LogP contribution >= 0.6 is 0 Å². The lowest BCUT2D eigenvalue weighted by molar-refractivity contribution is -0.140. The number of rotatable bonds is 7. The summed E-state index contributed by atoms with van der Waals surface area (Å²) in [6, 6.07) is 6.76. The second-order valence-electron chi connectivity index (χ2n) is 7.52. The maximum absolute atomic E-state index is 13.7. The number of carbonyl (C=O) groups is 2. The number of ether oxygens (including phenoxy) is 1. The van der Waals surface area contributed by atoms with Crippen molar-refractivity contribution in [1.82, 2.24) is 9.88 Å². The molecule has 1 saturated heterocycles. The molecule has 1 unspecified atom stereocenters. The fourth-order valence-electron chi connectivity index (χ4n) is 3.50. The molecule has 1 N–H and O–H groups in total. The maximum Gasteiger partial charge on any atom is 0.295 e. The molecule has 0 aliphatic carbocycles. The first-order valence-electron chi connectivity index (χ1n) is 9.87. The summed E-state index contributed by atoms with van der Waals surface area (Å²) in [6.45, 7) is 6.14. The average molecular weight is 412 g/mol. The molecule has 30 heavy (non-hydrogen) atoms. The van der Waals surface area contributed by atoms with Crippen LogP contribution in [0.5, 0.6) is 0 Å². The van der Waals surface area contributed by atoms with Crippen molar-refractivity contribution < 1.29 is 23.8 Å². The van der Waals surface area contributed by atoms with Gasteiger partial charge in [0, 0.05) is 31.1 Å². The van der Waals surface area contributed by atoms with E-state index >= 15 is 0 Å². The Hall–Kier alpha value is -3.06. The number of ketones is 1. The van der Waals surface area contributed by atoms with E-state index in [1.54, 1.807) is 31.5 Å². The lowest BCUT2D eigenvalue weighted by atomic mass is 9.95. The summed E-state index contributed by atoms with van der Waals surface area (Å²) < 4.78 is 19.2. The van der Waals surface area contributed by atoms with Gasteiger partial charge in [0.25, 0.3) is 11.7 Å². The highest BCUT2D eigenvalue weighted by atomic mass is 19.1. The number of nitrogens with zero attached hydrogens (tertiary/aromatic N) is 2. The highest BCUT2D eigenvalue weighted by Crippen LogP contribution is 2.39. The number of likely N-dealkylation sites (tertiary alicyclic amines) is 1. The zero-order chi connectivity index (χ0) is 21.8. The van der Waals surface area contributed by atoms with Gasteiger partial charge in [0.1, 0.15) is 11.6 Å². The van der Waals surface area contributed by atoms with Crippen LogP contribution in [0.25, 0.3) is 5.76 Å². The molecule has 2 aromatic rings. The molecule has 2 heterocycles. The molecule has 0 bridgehead atoms. The molecule has 1 amide bonds. The maximum atomic E-state index is 13.7. The van der Waals surface area contributed by atoms with Gasteiger partial charge in [-0.05, 0) is 62.6 Å². The number of aliphatic hydroxyl groups excluding tert-OH is 1. The van der Waals surface area contributed by atoms with Crippen LogP contribution in [0.3, 0.4) is 0 Å². The molecule has 1 atom stereocenters. The van der Waals surface area contributed by atoms with Crippen LogP contribution in [0.4, 0.5) is 4.39 Å². The van der Waals surface area contributed by atoms with Gasteiger partial charge in [-0.1, -0.05) is 6.07 Å². The third-order valence-electron chi connectivity index (χ3n) is 4.97. The van der Waals surface area contributed by atoms with E-state index in [-0.39, 0.29) is 29.5 Å². The topological polar surface area (TPSA) is 79.7 Å². The number of aryl methyl sites for hydroxylation is 1. The van der Waals surface area contributed by atoms with Crippen LogP contribution in [0.15, 0.2) is 48.3 Å². The van der Waals surface area contributed by atoms with E-state index in [1.165, 1.54) is 23.1 Å². The summed E-state index contributed by atoms with van der Waals surface area (Å²) in [7, 11) is 0. The third kappa shape index (κ3) is 4.41. The Balaban J connectivity index is 2.02. The smallest absolute Gasteiger partial charge is 0.295 e. The molecule has 7 heteroatoms. The number of hydrogen-bond donors (Lipinski definition) is 1. The quantitative estimate of drug-likeness (QED) is 0.324. The molecule has 6 nitrogen and oxygen atoms in total. The van der Waals surface area contributed by atoms with Gasteiger partial charge in [0.2, 0.25) is 0 Å². The number of Topliss-reactive ketones (excluding diaryl/α,β-unsaturated/α-hetero) is 1. The first-order valence-corrected chi connectivity index (χ1v) is 9.87. The zero-order valence-electron chi connectivity index (χ0n) is 17.3. The zero-order valence-corrected chi connectivity index (χ0v) is 17.3. The summed E-state index contributed by atoms with van der Waals surface area (Å²) in [5.74, 6) is -2.20. The van der Waals surface area contributed by atoms with Crippen molar-refractivity contribution in [1.29, 1.82) is 0 Å². The summed E-state index contributed by atoms with van der Waals surface area (Å²) in [5, 5.41) is 10.9. The Morgan fingerprint density at radius 3 is 2.70 bits per heavy atom. The minimum atomic E-state index is -0.775. The Labute approximate surface area is 175 Å². The van der Waals surface area contributed by atoms with Gasteiger partial charge in [0.05, 0.1) is 17.7 Å². The number of hydrogen-bond acceptors (Lipinski definition) is 5. The fraction of sp³-hybridized carbons (Fsp3) is 0.348. The second-order valence-corrected chi connectivity index (χ2v) is 7.52. The van der Waals surface area contributed by atoms with E-state index in [4.69, 9.17) is 4.74 Å². The molecule has 0 radical (unpaired) electrons. The van der Waals surface area contributed by atoms with Crippen LogP contribution in [-0.2, 0) is 14.3 Å². The standard InChI is InChI=1S/C23H25FN2O4/c1-14(2)30-11-5-10-26-20(17-6-4-9-25-13-17)19(22(28)23(26)29)21(27)16-7-8-18(24)15(3)12-16/h4,6-9,12-14,20,27H,5,10-11H2,1-3H3/b21-19-. The molecule has 0 saturated carbocycles. The van der Waals surface area contributed by atoms with Gasteiger partial charge in [-0.25, -0.2) is 4.39 Å². The number of halogens is 1. The fourth-order valence-corrected chi connectivity index (χ4v) is 3.50. The summed E-state index contributed by atoms with van der Waals surface area (Å²) in [6.07, 6.45) is 3.76. The van der Waals surface area contributed by atoms with Crippen LogP contribution in [0.2, 0.25) is 0 Å². The van der Waals surface area contributed by atoms with Crippen molar-refractivity contribution in [2.75, 3.05) is 13.2 Å². The van der Waals surface area contributed by atoms with Crippen molar-refractivity contribution >= 4 is 17.4 Å². The molecule has 0 spiro atoms. The predicted octanol–water partition coefficient (Wildman–Crippen LogP) is 3.77. The number of aliphatic hydroxyl groups is 1. The molecule has 1 aromatic heterocycles. The highest BCUT2D eigenvalue weighted by Gasteiger charge is 2.45. The first-order chi connectivity index (χ1) is 14.3. The van der Waals surface area contributed by atoms with E-state index in [0.717, 1.165) is 0 Å². The third-order valence-corrected chi connectivity index (χ3v) is 4.97. The van der Waals surface area contributed by atoms with Gasteiger partial charge in [-0.15, -0.1) is 0 Å². The van der Waals surface area contributed by atoms with Crippen molar-refractivity contribution in [3.63, 3.8) is 0 Å². The van der Waals surface area contributed by atoms with Gasteiger partial charge in [0.15, 0.2) is 0 Å². The minimum absolute atomic E-state index is 0.0243. The SMILES string of the molecule is Cc1cc(/C(O)=C2/C(=O)C(=O)N(CCCOC(C)C)C2c2cccnc2)ccc1F. The van der Waals surface area contributed by atoms with Crippen molar-refractivity contribution in [2.24, 2.45) is 0 Å². The highest BCUT2D eigenvalue weighted by molar-refractivity contribution is 6.46. The monoisotopic (exact) mass is 412 g/mol. The molecule has 1 aliphatic heterocycles. The van der Waals surface area contributed by atoms with Crippen LogP contribution in [-0.4, -0.2) is 45.9 Å². The second kappa shape index (κ2) is 9.17. The Bertz CT molecular complexity index is 972. The van der Waals surface area contributed by atoms with Crippen LogP contribution in [0, 0.1) is 12.7 Å². The molecule has 158 valence electrons. The van der Waals surface area contributed by atoms with E-state index < -0.39 is 23.5 Å². The van der Waals surface area contributed by atoms with Crippen LogP contribution < -0.4 is 0 Å². The van der Waals surface area contributed by atoms with Gasteiger partial charge in [-0.2, -0.15) is 0 Å². The summed E-state index contributed by atoms with van der Waals surface area (Å²) >= 11 is 0. The van der Waals surface area contributed by atoms with Crippen molar-refractivity contribution in [3.05, 3.63) is 70.8 Å².